The lowest BCUT2D eigenvalue weighted by atomic mass is 9.98. The second kappa shape index (κ2) is 7.44. The molecule has 4 heteroatoms. The summed E-state index contributed by atoms with van der Waals surface area (Å²) in [6, 6.07) is 10.9. The van der Waals surface area contributed by atoms with Crippen molar-refractivity contribution in [1.82, 2.24) is 10.6 Å². The largest absolute Gasteiger partial charge is 0.386 e. The maximum absolute atomic E-state index is 12.2. The van der Waals surface area contributed by atoms with Crippen molar-refractivity contribution in [2.45, 2.75) is 51.3 Å². The van der Waals surface area contributed by atoms with Crippen LogP contribution in [-0.2, 0) is 4.79 Å². The van der Waals surface area contributed by atoms with E-state index in [2.05, 4.69) is 22.8 Å². The van der Waals surface area contributed by atoms with Gasteiger partial charge in [-0.1, -0.05) is 19.1 Å². The Bertz CT molecular complexity index is 443. The molecule has 114 valence electrons. The SMILES string of the molecule is C[C@H](C[C@@H]1CCCN1)C(=O)N[C@H](C)[C@@H](O)c1cc#ccc1. The minimum absolute atomic E-state index is 0.00160. The summed E-state index contributed by atoms with van der Waals surface area (Å²) in [7, 11) is 0. The third-order valence-corrected chi connectivity index (χ3v) is 4.11. The molecule has 0 spiro atoms. The smallest absolute Gasteiger partial charge is 0.223 e. The molecule has 4 nitrogen and oxygen atoms in total. The lowest BCUT2D eigenvalue weighted by Gasteiger charge is -2.23. The van der Waals surface area contributed by atoms with Crippen LogP contribution in [0.3, 0.4) is 0 Å². The molecule has 4 atom stereocenters. The van der Waals surface area contributed by atoms with Crippen LogP contribution < -0.4 is 10.6 Å². The number of nitrogens with one attached hydrogen (secondary N) is 2. The summed E-state index contributed by atoms with van der Waals surface area (Å²) in [5, 5.41) is 16.6. The van der Waals surface area contributed by atoms with E-state index < -0.39 is 6.10 Å². The first-order valence-corrected chi connectivity index (χ1v) is 7.67. The molecule has 1 aromatic rings. The third kappa shape index (κ3) is 4.45. The van der Waals surface area contributed by atoms with Crippen LogP contribution in [-0.4, -0.2) is 29.6 Å². The van der Waals surface area contributed by atoms with Crippen molar-refractivity contribution in [3.63, 3.8) is 0 Å². The fraction of sp³-hybridized carbons (Fsp3) is 0.588. The van der Waals surface area contributed by atoms with Gasteiger partial charge < -0.3 is 15.7 Å². The van der Waals surface area contributed by atoms with E-state index in [0.29, 0.717) is 6.04 Å². The third-order valence-electron chi connectivity index (χ3n) is 4.11. The maximum atomic E-state index is 12.2. The summed E-state index contributed by atoms with van der Waals surface area (Å²) >= 11 is 0. The molecule has 0 saturated carbocycles. The summed E-state index contributed by atoms with van der Waals surface area (Å²) in [6.07, 6.45) is 2.46. The molecular weight excluding hydrogens is 264 g/mol. The van der Waals surface area contributed by atoms with Gasteiger partial charge in [-0.2, -0.15) is 0 Å². The van der Waals surface area contributed by atoms with E-state index in [0.717, 1.165) is 24.9 Å². The summed E-state index contributed by atoms with van der Waals surface area (Å²) in [6.45, 7) is 4.81. The number of hydrogen-bond acceptors (Lipinski definition) is 3. The molecule has 3 N–H and O–H groups in total. The van der Waals surface area contributed by atoms with Crippen molar-refractivity contribution in [3.05, 3.63) is 35.9 Å². The molecule has 0 bridgehead atoms. The fourth-order valence-corrected chi connectivity index (χ4v) is 2.77. The zero-order valence-corrected chi connectivity index (χ0v) is 12.7. The van der Waals surface area contributed by atoms with Gasteiger partial charge >= 0.3 is 0 Å². The predicted octanol–water partition coefficient (Wildman–Crippen LogP) is 1.60. The minimum Gasteiger partial charge on any atom is -0.386 e. The summed E-state index contributed by atoms with van der Waals surface area (Å²) in [5.74, 6) is -0.0485. The Kier molecular flexibility index (Phi) is 5.60. The molecule has 1 heterocycles. The Morgan fingerprint density at radius 3 is 2.95 bits per heavy atom. The molecule has 0 aromatic heterocycles. The summed E-state index contributed by atoms with van der Waals surface area (Å²) in [4.78, 5) is 12.2. The number of amides is 1. The van der Waals surface area contributed by atoms with Crippen LogP contribution in [0, 0.1) is 18.1 Å². The Morgan fingerprint density at radius 2 is 2.33 bits per heavy atom. The van der Waals surface area contributed by atoms with E-state index in [1.807, 2.05) is 13.8 Å². The van der Waals surface area contributed by atoms with Gasteiger partial charge in [-0.15, -0.1) is 0 Å². The maximum Gasteiger partial charge on any atom is 0.223 e. The van der Waals surface area contributed by atoms with E-state index in [9.17, 15) is 9.90 Å². The second-order valence-corrected chi connectivity index (χ2v) is 5.94. The fourth-order valence-electron chi connectivity index (χ4n) is 2.77. The zero-order valence-electron chi connectivity index (χ0n) is 12.7. The molecule has 1 aliphatic heterocycles. The molecule has 21 heavy (non-hydrogen) atoms. The molecule has 2 rings (SSSR count). The Morgan fingerprint density at radius 1 is 1.52 bits per heavy atom. The molecule has 0 unspecified atom stereocenters. The van der Waals surface area contributed by atoms with Crippen LogP contribution in [0.15, 0.2) is 18.2 Å². The van der Waals surface area contributed by atoms with Gasteiger partial charge in [0.2, 0.25) is 5.91 Å². The first-order chi connectivity index (χ1) is 10.1. The van der Waals surface area contributed by atoms with Gasteiger partial charge in [0.25, 0.3) is 0 Å². The second-order valence-electron chi connectivity index (χ2n) is 5.94. The number of rotatable bonds is 6. The Labute approximate surface area is 126 Å². The molecule has 1 saturated heterocycles. The molecule has 1 aliphatic rings. The number of aliphatic hydroxyl groups excluding tert-OH is 1. The number of aliphatic hydroxyl groups is 1. The van der Waals surface area contributed by atoms with Crippen molar-refractivity contribution >= 4 is 5.91 Å². The topological polar surface area (TPSA) is 61.4 Å². The lowest BCUT2D eigenvalue weighted by molar-refractivity contribution is -0.126. The number of carbonyl (C=O) groups is 1. The van der Waals surface area contributed by atoms with E-state index >= 15 is 0 Å². The van der Waals surface area contributed by atoms with E-state index in [-0.39, 0.29) is 17.9 Å². The highest BCUT2D eigenvalue weighted by molar-refractivity contribution is 5.78. The van der Waals surface area contributed by atoms with Crippen LogP contribution >= 0.6 is 0 Å². The number of carbonyl (C=O) groups excluding carboxylic acids is 1. The first kappa shape index (κ1) is 15.8. The quantitative estimate of drug-likeness (QED) is 0.745. The van der Waals surface area contributed by atoms with Crippen LogP contribution in [0.2, 0.25) is 0 Å². The van der Waals surface area contributed by atoms with Gasteiger partial charge in [-0.05, 0) is 56.5 Å². The first-order valence-electron chi connectivity index (χ1n) is 7.67. The van der Waals surface area contributed by atoms with Gasteiger partial charge in [0.15, 0.2) is 0 Å². The standard InChI is InChI=1S/C17H24N2O2/c1-12(11-15-9-6-10-18-15)17(21)19-13(2)16(20)14-7-4-3-5-8-14/h4,7-8,12-13,15-16,18,20H,6,9-11H2,1-2H3,(H,19,21)/t12-,13-,15+,16-/m1/s1. The molecule has 1 aromatic carbocycles. The van der Waals surface area contributed by atoms with Crippen LogP contribution in [0.25, 0.3) is 0 Å². The molecular formula is C17H24N2O2. The highest BCUT2D eigenvalue weighted by atomic mass is 16.3. The van der Waals surface area contributed by atoms with Gasteiger partial charge in [-0.3, -0.25) is 4.79 Å². The van der Waals surface area contributed by atoms with Crippen molar-refractivity contribution < 1.29 is 9.90 Å². The van der Waals surface area contributed by atoms with Crippen molar-refractivity contribution in [3.8, 4) is 0 Å². The molecule has 1 fully saturated rings. The van der Waals surface area contributed by atoms with Crippen molar-refractivity contribution in [2.24, 2.45) is 5.92 Å². The van der Waals surface area contributed by atoms with Crippen LogP contribution in [0.4, 0.5) is 0 Å². The highest BCUT2D eigenvalue weighted by Gasteiger charge is 2.24. The van der Waals surface area contributed by atoms with E-state index in [1.54, 1.807) is 18.2 Å². The predicted molar refractivity (Wildman–Crippen MR) is 81.5 cm³/mol. The Hall–Kier alpha value is -1.57. The van der Waals surface area contributed by atoms with Crippen LogP contribution in [0.5, 0.6) is 0 Å². The average Bonchev–Trinajstić information content (AvgIpc) is 3.00. The minimum atomic E-state index is -0.725. The highest BCUT2D eigenvalue weighted by Crippen LogP contribution is 2.18. The lowest BCUT2D eigenvalue weighted by Crippen LogP contribution is -2.41. The number of hydrogen-bond donors (Lipinski definition) is 3. The van der Waals surface area contributed by atoms with Crippen molar-refractivity contribution in [2.75, 3.05) is 6.54 Å². The average molecular weight is 288 g/mol. The van der Waals surface area contributed by atoms with Gasteiger partial charge in [0.1, 0.15) is 0 Å². The normalized spacial score (nSPS) is 22.1. The summed E-state index contributed by atoms with van der Waals surface area (Å²) < 4.78 is 0. The van der Waals surface area contributed by atoms with Gasteiger partial charge in [0, 0.05) is 12.0 Å². The van der Waals surface area contributed by atoms with Crippen LogP contribution in [0.1, 0.15) is 44.8 Å². The molecule has 0 radical (unpaired) electrons. The zero-order chi connectivity index (χ0) is 15.2. The Balaban J connectivity index is 1.83. The monoisotopic (exact) mass is 288 g/mol. The summed E-state index contributed by atoms with van der Waals surface area (Å²) in [5.41, 5.74) is 0.742. The van der Waals surface area contributed by atoms with Gasteiger partial charge in [-0.25, -0.2) is 0 Å². The molecule has 0 aliphatic carbocycles. The van der Waals surface area contributed by atoms with Crippen molar-refractivity contribution in [1.29, 1.82) is 0 Å². The van der Waals surface area contributed by atoms with E-state index in [1.165, 1.54) is 6.42 Å². The van der Waals surface area contributed by atoms with E-state index in [4.69, 9.17) is 0 Å². The molecule has 1 amide bonds. The van der Waals surface area contributed by atoms with Gasteiger partial charge in [0.05, 0.1) is 12.1 Å².